The Labute approximate surface area is 102 Å². The smallest absolute Gasteiger partial charge is 0.225 e. The molecular weight excluding hydrogens is 218 g/mol. The number of carbonyl (C=O) groups is 2. The summed E-state index contributed by atoms with van der Waals surface area (Å²) in [7, 11) is 0. The van der Waals surface area contributed by atoms with E-state index < -0.39 is 0 Å². The van der Waals surface area contributed by atoms with Gasteiger partial charge in [-0.25, -0.2) is 0 Å². The van der Waals surface area contributed by atoms with Gasteiger partial charge in [0.1, 0.15) is 0 Å². The van der Waals surface area contributed by atoms with Crippen molar-refractivity contribution in [1.29, 1.82) is 0 Å². The average Bonchev–Trinajstić information content (AvgIpc) is 2.61. The Balaban J connectivity index is 1.82. The second-order valence-electron chi connectivity index (χ2n) is 5.18. The summed E-state index contributed by atoms with van der Waals surface area (Å²) in [5.41, 5.74) is 0. The van der Waals surface area contributed by atoms with Crippen LogP contribution in [0.2, 0.25) is 0 Å². The molecule has 2 atom stereocenters. The second-order valence-corrected chi connectivity index (χ2v) is 5.18. The third-order valence-corrected chi connectivity index (χ3v) is 3.82. The van der Waals surface area contributed by atoms with Crippen LogP contribution in [0.1, 0.15) is 20.3 Å². The van der Waals surface area contributed by atoms with Crippen LogP contribution in [0.25, 0.3) is 0 Å². The largest absolute Gasteiger partial charge is 0.352 e. The van der Waals surface area contributed by atoms with Crippen molar-refractivity contribution in [1.82, 2.24) is 15.5 Å². The maximum atomic E-state index is 12.2. The van der Waals surface area contributed by atoms with E-state index in [1.165, 1.54) is 6.92 Å². The molecule has 0 bridgehead atoms. The lowest BCUT2D eigenvalue weighted by molar-refractivity contribution is -0.136. The molecule has 5 heteroatoms. The summed E-state index contributed by atoms with van der Waals surface area (Å²) in [4.78, 5) is 25.0. The Hall–Kier alpha value is -1.10. The lowest BCUT2D eigenvalue weighted by atomic mass is 9.88. The number of carbonyl (C=O) groups excluding carboxylic acids is 2. The minimum absolute atomic E-state index is 0.0134. The molecule has 0 radical (unpaired) electrons. The third kappa shape index (κ3) is 2.77. The molecule has 96 valence electrons. The summed E-state index contributed by atoms with van der Waals surface area (Å²) in [6, 6.07) is 0.142. The zero-order valence-corrected chi connectivity index (χ0v) is 10.5. The number of rotatable bonds is 3. The van der Waals surface area contributed by atoms with Gasteiger partial charge in [0.15, 0.2) is 0 Å². The van der Waals surface area contributed by atoms with Crippen molar-refractivity contribution in [3.63, 3.8) is 0 Å². The molecule has 2 aliphatic heterocycles. The summed E-state index contributed by atoms with van der Waals surface area (Å²) in [5.74, 6) is 0.819. The van der Waals surface area contributed by atoms with E-state index in [0.29, 0.717) is 12.5 Å². The van der Waals surface area contributed by atoms with Gasteiger partial charge in [-0.1, -0.05) is 6.92 Å². The molecule has 0 aliphatic carbocycles. The van der Waals surface area contributed by atoms with Crippen molar-refractivity contribution in [2.75, 3.05) is 26.2 Å². The van der Waals surface area contributed by atoms with Crippen LogP contribution < -0.4 is 10.6 Å². The number of hydrogen-bond donors (Lipinski definition) is 2. The van der Waals surface area contributed by atoms with Crippen LogP contribution in [-0.4, -0.2) is 48.9 Å². The highest BCUT2D eigenvalue weighted by Gasteiger charge is 2.34. The van der Waals surface area contributed by atoms with E-state index in [1.807, 2.05) is 11.8 Å². The van der Waals surface area contributed by atoms with Gasteiger partial charge in [0.2, 0.25) is 11.8 Å². The van der Waals surface area contributed by atoms with Crippen LogP contribution in [-0.2, 0) is 9.59 Å². The van der Waals surface area contributed by atoms with Gasteiger partial charge in [-0.05, 0) is 25.4 Å². The quantitative estimate of drug-likeness (QED) is 0.703. The van der Waals surface area contributed by atoms with Gasteiger partial charge < -0.3 is 15.5 Å². The molecule has 2 heterocycles. The zero-order chi connectivity index (χ0) is 12.4. The fourth-order valence-corrected chi connectivity index (χ4v) is 2.52. The van der Waals surface area contributed by atoms with Crippen LogP contribution in [0, 0.1) is 11.8 Å². The predicted octanol–water partition coefficient (Wildman–Crippen LogP) is -0.421. The minimum atomic E-state index is -0.0134. The van der Waals surface area contributed by atoms with E-state index in [1.54, 1.807) is 0 Å². The Morgan fingerprint density at radius 1 is 1.41 bits per heavy atom. The topological polar surface area (TPSA) is 61.4 Å². The molecule has 17 heavy (non-hydrogen) atoms. The number of amides is 2. The molecule has 5 nitrogen and oxygen atoms in total. The first-order chi connectivity index (χ1) is 8.08. The highest BCUT2D eigenvalue weighted by atomic mass is 16.2. The van der Waals surface area contributed by atoms with Gasteiger partial charge >= 0.3 is 0 Å². The van der Waals surface area contributed by atoms with Gasteiger partial charge in [0.05, 0.1) is 0 Å². The number of nitrogens with zero attached hydrogens (tertiary/aromatic N) is 1. The maximum Gasteiger partial charge on any atom is 0.225 e. The van der Waals surface area contributed by atoms with Gasteiger partial charge in [0, 0.05) is 32.0 Å². The van der Waals surface area contributed by atoms with Crippen LogP contribution in [0.3, 0.4) is 0 Å². The van der Waals surface area contributed by atoms with Crippen LogP contribution in [0.5, 0.6) is 0 Å². The summed E-state index contributed by atoms with van der Waals surface area (Å²) < 4.78 is 0. The number of nitrogens with one attached hydrogen (secondary N) is 2. The fraction of sp³-hybridized carbons (Fsp3) is 0.833. The Kier molecular flexibility index (Phi) is 3.66. The normalized spacial score (nSPS) is 26.5. The SMILES string of the molecule is CC(=O)NC1CCN(C(=O)C(C)C2CNC2)C1. The van der Waals surface area contributed by atoms with E-state index in [4.69, 9.17) is 0 Å². The van der Waals surface area contributed by atoms with Crippen LogP contribution in [0.15, 0.2) is 0 Å². The number of likely N-dealkylation sites (tertiary alicyclic amines) is 1. The van der Waals surface area contributed by atoms with Gasteiger partial charge in [-0.15, -0.1) is 0 Å². The maximum absolute atomic E-state index is 12.2. The Morgan fingerprint density at radius 3 is 2.65 bits per heavy atom. The van der Waals surface area contributed by atoms with Gasteiger partial charge in [0.25, 0.3) is 0 Å². The average molecular weight is 239 g/mol. The summed E-state index contributed by atoms with van der Waals surface area (Å²) in [5, 5.41) is 6.07. The van der Waals surface area contributed by atoms with E-state index >= 15 is 0 Å². The molecule has 2 fully saturated rings. The van der Waals surface area contributed by atoms with E-state index in [2.05, 4.69) is 10.6 Å². The molecule has 0 saturated carbocycles. The van der Waals surface area contributed by atoms with Crippen molar-refractivity contribution in [2.24, 2.45) is 11.8 Å². The first-order valence-corrected chi connectivity index (χ1v) is 6.34. The third-order valence-electron chi connectivity index (χ3n) is 3.82. The van der Waals surface area contributed by atoms with Crippen LogP contribution >= 0.6 is 0 Å². The van der Waals surface area contributed by atoms with Crippen molar-refractivity contribution >= 4 is 11.8 Å². The van der Waals surface area contributed by atoms with E-state index in [0.717, 1.165) is 26.1 Å². The fourth-order valence-electron chi connectivity index (χ4n) is 2.52. The van der Waals surface area contributed by atoms with Crippen molar-refractivity contribution < 1.29 is 9.59 Å². The van der Waals surface area contributed by atoms with E-state index in [9.17, 15) is 9.59 Å². The lowest BCUT2D eigenvalue weighted by Gasteiger charge is -2.33. The molecule has 0 spiro atoms. The molecule has 0 aromatic rings. The van der Waals surface area contributed by atoms with Crippen molar-refractivity contribution in [3.8, 4) is 0 Å². The molecule has 2 rings (SSSR count). The molecule has 2 unspecified atom stereocenters. The number of hydrogen-bond acceptors (Lipinski definition) is 3. The molecule has 2 amide bonds. The van der Waals surface area contributed by atoms with Gasteiger partial charge in [-0.3, -0.25) is 9.59 Å². The molecule has 2 aliphatic rings. The second kappa shape index (κ2) is 5.04. The highest BCUT2D eigenvalue weighted by molar-refractivity contribution is 5.79. The predicted molar refractivity (Wildman–Crippen MR) is 64.3 cm³/mol. The molecule has 0 aromatic carbocycles. The van der Waals surface area contributed by atoms with Crippen LogP contribution in [0.4, 0.5) is 0 Å². The minimum Gasteiger partial charge on any atom is -0.352 e. The van der Waals surface area contributed by atoms with Crippen molar-refractivity contribution in [2.45, 2.75) is 26.3 Å². The monoisotopic (exact) mass is 239 g/mol. The molecule has 2 saturated heterocycles. The first kappa shape index (κ1) is 12.4. The standard InChI is InChI=1S/C12H21N3O2/c1-8(10-5-13-6-10)12(17)15-4-3-11(7-15)14-9(2)16/h8,10-11,13H,3-7H2,1-2H3,(H,14,16). The molecular formula is C12H21N3O2. The highest BCUT2D eigenvalue weighted by Crippen LogP contribution is 2.21. The van der Waals surface area contributed by atoms with E-state index in [-0.39, 0.29) is 23.8 Å². The first-order valence-electron chi connectivity index (χ1n) is 6.34. The van der Waals surface area contributed by atoms with Crippen molar-refractivity contribution in [3.05, 3.63) is 0 Å². The van der Waals surface area contributed by atoms with Gasteiger partial charge in [-0.2, -0.15) is 0 Å². The zero-order valence-electron chi connectivity index (χ0n) is 10.5. The summed E-state index contributed by atoms with van der Waals surface area (Å²) in [6.45, 7) is 6.88. The Morgan fingerprint density at radius 2 is 2.12 bits per heavy atom. The molecule has 2 N–H and O–H groups in total. The summed E-state index contributed by atoms with van der Waals surface area (Å²) in [6.07, 6.45) is 0.876. The lowest BCUT2D eigenvalue weighted by Crippen LogP contribution is -2.50. The summed E-state index contributed by atoms with van der Waals surface area (Å²) >= 11 is 0. The molecule has 0 aromatic heterocycles. The Bertz CT molecular complexity index is 315.